The Bertz CT molecular complexity index is 794. The molecule has 0 amide bonds. The van der Waals surface area contributed by atoms with E-state index in [1.54, 1.807) is 0 Å². The summed E-state index contributed by atoms with van der Waals surface area (Å²) in [6, 6.07) is 15.4. The van der Waals surface area contributed by atoms with E-state index in [-0.39, 0.29) is 26.0 Å². The minimum atomic E-state index is 0. The standard InChI is InChI=1S/C18H19N4.Ir/c1-12(2)17-20-21-18(16-11-10-13(3)19-14(16)4)22(17)15-8-6-5-7-9-15;/h5-10,12H,1-4H3;/q-1;. The van der Waals surface area contributed by atoms with Crippen LogP contribution in [0.4, 0.5) is 0 Å². The summed E-state index contributed by atoms with van der Waals surface area (Å²) in [5.41, 5.74) is 3.82. The Morgan fingerprint density at radius 1 is 1.04 bits per heavy atom. The van der Waals surface area contributed by atoms with Gasteiger partial charge in [0.05, 0.1) is 5.82 Å². The van der Waals surface area contributed by atoms with Crippen molar-refractivity contribution in [2.75, 3.05) is 0 Å². The molecule has 0 bridgehead atoms. The molecule has 121 valence electrons. The van der Waals surface area contributed by atoms with Crippen LogP contribution in [-0.4, -0.2) is 19.7 Å². The Hall–Kier alpha value is -1.84. The minimum absolute atomic E-state index is 0. The predicted molar refractivity (Wildman–Crippen MR) is 87.0 cm³/mol. The van der Waals surface area contributed by atoms with Gasteiger partial charge in [0, 0.05) is 31.7 Å². The SMILES string of the molecule is Cc1c[c-]c(-c2nnc(C(C)C)n2-c2ccccc2)c(C)n1.[Ir]. The van der Waals surface area contributed by atoms with Crippen molar-refractivity contribution in [3.63, 3.8) is 0 Å². The van der Waals surface area contributed by atoms with Crippen molar-refractivity contribution < 1.29 is 20.1 Å². The maximum atomic E-state index is 4.53. The maximum absolute atomic E-state index is 4.53. The van der Waals surface area contributed by atoms with E-state index in [2.05, 4.69) is 51.8 Å². The summed E-state index contributed by atoms with van der Waals surface area (Å²) in [6.07, 6.45) is 0. The van der Waals surface area contributed by atoms with Crippen LogP contribution in [0.3, 0.4) is 0 Å². The number of hydrogen-bond acceptors (Lipinski definition) is 3. The second-order valence-corrected chi connectivity index (χ2v) is 5.71. The molecule has 3 rings (SSSR count). The second-order valence-electron chi connectivity index (χ2n) is 5.71. The molecule has 1 aromatic carbocycles. The van der Waals surface area contributed by atoms with Crippen LogP contribution in [0, 0.1) is 19.9 Å². The van der Waals surface area contributed by atoms with Crippen LogP contribution in [-0.2, 0) is 20.1 Å². The summed E-state index contributed by atoms with van der Waals surface area (Å²) in [4.78, 5) is 4.53. The molecule has 2 heterocycles. The van der Waals surface area contributed by atoms with Gasteiger partial charge in [-0.1, -0.05) is 51.5 Å². The fraction of sp³-hybridized carbons (Fsp3) is 0.278. The maximum Gasteiger partial charge on any atom is 0.131 e. The third-order valence-electron chi connectivity index (χ3n) is 3.57. The number of rotatable bonds is 3. The van der Waals surface area contributed by atoms with Crippen molar-refractivity contribution in [1.82, 2.24) is 19.7 Å². The largest absolute Gasteiger partial charge is 0.354 e. The average molecular weight is 484 g/mol. The fourth-order valence-corrected chi connectivity index (χ4v) is 2.52. The molecule has 0 saturated heterocycles. The van der Waals surface area contributed by atoms with Gasteiger partial charge in [0.1, 0.15) is 5.82 Å². The van der Waals surface area contributed by atoms with Crippen LogP contribution in [0.5, 0.6) is 0 Å². The van der Waals surface area contributed by atoms with Crippen molar-refractivity contribution >= 4 is 0 Å². The van der Waals surface area contributed by atoms with Gasteiger partial charge >= 0.3 is 0 Å². The molecule has 0 fully saturated rings. The van der Waals surface area contributed by atoms with Crippen LogP contribution in [0.1, 0.15) is 37.0 Å². The van der Waals surface area contributed by atoms with Gasteiger partial charge in [0.2, 0.25) is 0 Å². The van der Waals surface area contributed by atoms with E-state index in [1.807, 2.05) is 38.1 Å². The van der Waals surface area contributed by atoms with Gasteiger partial charge in [-0.25, -0.2) is 0 Å². The Labute approximate surface area is 150 Å². The summed E-state index contributed by atoms with van der Waals surface area (Å²) in [6.45, 7) is 8.20. The molecule has 23 heavy (non-hydrogen) atoms. The summed E-state index contributed by atoms with van der Waals surface area (Å²) in [5, 5.41) is 8.81. The van der Waals surface area contributed by atoms with Gasteiger partial charge in [-0.2, -0.15) is 5.10 Å². The topological polar surface area (TPSA) is 43.6 Å². The van der Waals surface area contributed by atoms with Crippen LogP contribution in [0.2, 0.25) is 0 Å². The molecule has 2 aromatic heterocycles. The number of para-hydroxylation sites is 1. The number of benzene rings is 1. The molecule has 0 aliphatic carbocycles. The molecule has 0 N–H and O–H groups in total. The number of pyridine rings is 1. The fourth-order valence-electron chi connectivity index (χ4n) is 2.52. The van der Waals surface area contributed by atoms with Crippen LogP contribution >= 0.6 is 0 Å². The molecule has 0 saturated carbocycles. The van der Waals surface area contributed by atoms with Crippen LogP contribution < -0.4 is 0 Å². The molecule has 0 spiro atoms. The Balaban J connectivity index is 0.00000192. The van der Waals surface area contributed by atoms with E-state index in [1.165, 1.54) is 0 Å². The van der Waals surface area contributed by atoms with Crippen molar-refractivity contribution in [2.45, 2.75) is 33.6 Å². The van der Waals surface area contributed by atoms with Crippen LogP contribution in [0.15, 0.2) is 36.4 Å². The van der Waals surface area contributed by atoms with Crippen LogP contribution in [0.25, 0.3) is 17.1 Å². The smallest absolute Gasteiger partial charge is 0.131 e. The number of hydrogen-bond donors (Lipinski definition) is 0. The molecular formula is C18H19IrN4-. The van der Waals surface area contributed by atoms with Gasteiger partial charge in [-0.05, 0) is 23.5 Å². The molecule has 1 radical (unpaired) electrons. The third-order valence-corrected chi connectivity index (χ3v) is 3.57. The van der Waals surface area contributed by atoms with E-state index >= 15 is 0 Å². The first-order valence-electron chi connectivity index (χ1n) is 7.45. The normalized spacial score (nSPS) is 10.7. The van der Waals surface area contributed by atoms with Gasteiger partial charge in [0.25, 0.3) is 0 Å². The first-order valence-corrected chi connectivity index (χ1v) is 7.45. The third kappa shape index (κ3) is 3.41. The molecular weight excluding hydrogens is 464 g/mol. The van der Waals surface area contributed by atoms with E-state index in [9.17, 15) is 0 Å². The van der Waals surface area contributed by atoms with E-state index < -0.39 is 0 Å². The summed E-state index contributed by atoms with van der Waals surface area (Å²) in [5.74, 6) is 2.01. The number of aromatic nitrogens is 4. The average Bonchev–Trinajstić information content (AvgIpc) is 2.93. The zero-order valence-corrected chi connectivity index (χ0v) is 16.1. The summed E-state index contributed by atoms with van der Waals surface area (Å²) >= 11 is 0. The molecule has 0 aliphatic rings. The molecule has 0 atom stereocenters. The van der Waals surface area contributed by atoms with Gasteiger partial charge in [-0.15, -0.1) is 17.2 Å². The van der Waals surface area contributed by atoms with Crippen molar-refractivity contribution in [1.29, 1.82) is 0 Å². The molecule has 4 nitrogen and oxygen atoms in total. The van der Waals surface area contributed by atoms with Crippen molar-refractivity contribution in [2.24, 2.45) is 0 Å². The molecule has 5 heteroatoms. The number of nitrogens with zero attached hydrogens (tertiary/aromatic N) is 4. The van der Waals surface area contributed by atoms with E-state index in [4.69, 9.17) is 0 Å². The van der Waals surface area contributed by atoms with E-state index in [0.29, 0.717) is 0 Å². The van der Waals surface area contributed by atoms with Gasteiger partial charge < -0.3 is 9.55 Å². The number of aryl methyl sites for hydroxylation is 2. The predicted octanol–water partition coefficient (Wildman–Crippen LogP) is 3.87. The Morgan fingerprint density at radius 2 is 1.74 bits per heavy atom. The summed E-state index contributed by atoms with van der Waals surface area (Å²) < 4.78 is 2.10. The molecule has 0 unspecified atom stereocenters. The first kappa shape index (κ1) is 17.5. The Kier molecular flexibility index (Phi) is 5.45. The Morgan fingerprint density at radius 3 is 2.35 bits per heavy atom. The van der Waals surface area contributed by atoms with Crippen molar-refractivity contribution in [3.8, 4) is 17.1 Å². The monoisotopic (exact) mass is 484 g/mol. The van der Waals surface area contributed by atoms with E-state index in [0.717, 1.165) is 34.3 Å². The quantitative estimate of drug-likeness (QED) is 0.532. The second kappa shape index (κ2) is 7.16. The molecule has 0 aliphatic heterocycles. The summed E-state index contributed by atoms with van der Waals surface area (Å²) in [7, 11) is 0. The minimum Gasteiger partial charge on any atom is -0.354 e. The zero-order valence-electron chi connectivity index (χ0n) is 13.7. The molecule has 3 aromatic rings. The first-order chi connectivity index (χ1) is 10.6. The van der Waals surface area contributed by atoms with Gasteiger partial charge in [0.15, 0.2) is 0 Å². The zero-order chi connectivity index (χ0) is 15.7. The van der Waals surface area contributed by atoms with Gasteiger partial charge in [-0.3, -0.25) is 0 Å². The van der Waals surface area contributed by atoms with Crippen molar-refractivity contribution in [3.05, 3.63) is 59.7 Å².